The van der Waals surface area contributed by atoms with Crippen LogP contribution in [0.3, 0.4) is 0 Å². The molecule has 0 saturated carbocycles. The lowest BCUT2D eigenvalue weighted by molar-refractivity contribution is 0.287. The van der Waals surface area contributed by atoms with Crippen molar-refractivity contribution < 1.29 is 17.9 Å². The standard InChI is InChI=1S/C18H21F3N2O/c1-23(2)17(13-5-4-6-14(9-13)24-3)11-22-10-12-7-15(19)18(21)16(20)8-12/h4-9,17,22H,10-11H2,1-3H3. The summed E-state index contributed by atoms with van der Waals surface area (Å²) in [6.07, 6.45) is 0. The Morgan fingerprint density at radius 3 is 2.33 bits per heavy atom. The third kappa shape index (κ3) is 4.49. The first-order chi connectivity index (χ1) is 11.4. The van der Waals surface area contributed by atoms with Crippen LogP contribution in [-0.4, -0.2) is 32.6 Å². The van der Waals surface area contributed by atoms with Crippen LogP contribution in [0.15, 0.2) is 36.4 Å². The topological polar surface area (TPSA) is 24.5 Å². The second-order valence-corrected chi connectivity index (χ2v) is 5.76. The van der Waals surface area contributed by atoms with E-state index >= 15 is 0 Å². The lowest BCUT2D eigenvalue weighted by Crippen LogP contribution is -2.30. The van der Waals surface area contributed by atoms with Crippen molar-refractivity contribution in [3.05, 3.63) is 65.0 Å². The van der Waals surface area contributed by atoms with Crippen molar-refractivity contribution in [2.75, 3.05) is 27.7 Å². The lowest BCUT2D eigenvalue weighted by Gasteiger charge is -2.25. The van der Waals surface area contributed by atoms with E-state index in [2.05, 4.69) is 5.32 Å². The Labute approximate surface area is 140 Å². The molecule has 0 heterocycles. The molecule has 3 nitrogen and oxygen atoms in total. The van der Waals surface area contributed by atoms with E-state index in [0.29, 0.717) is 12.1 Å². The zero-order chi connectivity index (χ0) is 17.7. The monoisotopic (exact) mass is 338 g/mol. The SMILES string of the molecule is COc1cccc(C(CNCc2cc(F)c(F)c(F)c2)N(C)C)c1. The van der Waals surface area contributed by atoms with Gasteiger partial charge in [-0.15, -0.1) is 0 Å². The summed E-state index contributed by atoms with van der Waals surface area (Å²) in [4.78, 5) is 2.04. The van der Waals surface area contributed by atoms with Gasteiger partial charge in [-0.05, 0) is 49.5 Å². The Morgan fingerprint density at radius 1 is 1.08 bits per heavy atom. The third-order valence-electron chi connectivity index (χ3n) is 3.81. The quantitative estimate of drug-likeness (QED) is 0.782. The van der Waals surface area contributed by atoms with E-state index in [1.54, 1.807) is 7.11 Å². The molecule has 130 valence electrons. The van der Waals surface area contributed by atoms with Crippen LogP contribution < -0.4 is 10.1 Å². The molecular formula is C18H21F3N2O. The predicted molar refractivity (Wildman–Crippen MR) is 87.4 cm³/mol. The van der Waals surface area contributed by atoms with Crippen molar-refractivity contribution >= 4 is 0 Å². The summed E-state index contributed by atoms with van der Waals surface area (Å²) in [6.45, 7) is 0.795. The molecule has 0 spiro atoms. The summed E-state index contributed by atoms with van der Waals surface area (Å²) in [6, 6.07) is 9.78. The summed E-state index contributed by atoms with van der Waals surface area (Å²) < 4.78 is 44.7. The molecular weight excluding hydrogens is 317 g/mol. The Bertz CT molecular complexity index is 669. The number of methoxy groups -OCH3 is 1. The second kappa shape index (κ2) is 8.17. The Balaban J connectivity index is 2.04. The van der Waals surface area contributed by atoms with Crippen LogP contribution in [0.2, 0.25) is 0 Å². The molecule has 0 aromatic heterocycles. The van der Waals surface area contributed by atoms with Crippen LogP contribution in [0.1, 0.15) is 17.2 Å². The van der Waals surface area contributed by atoms with Gasteiger partial charge in [0.25, 0.3) is 0 Å². The smallest absolute Gasteiger partial charge is 0.194 e. The number of nitrogens with zero attached hydrogens (tertiary/aromatic N) is 1. The van der Waals surface area contributed by atoms with Gasteiger partial charge in [0.2, 0.25) is 0 Å². The molecule has 0 amide bonds. The van der Waals surface area contributed by atoms with Gasteiger partial charge in [-0.25, -0.2) is 13.2 Å². The number of hydrogen-bond donors (Lipinski definition) is 1. The van der Waals surface area contributed by atoms with Crippen LogP contribution in [0.5, 0.6) is 5.75 Å². The first-order valence-corrected chi connectivity index (χ1v) is 7.57. The van der Waals surface area contributed by atoms with Crippen molar-refractivity contribution in [1.29, 1.82) is 0 Å². The van der Waals surface area contributed by atoms with Crippen LogP contribution in [0.4, 0.5) is 13.2 Å². The first-order valence-electron chi connectivity index (χ1n) is 7.57. The number of likely N-dealkylation sites (N-methyl/N-ethyl adjacent to an activating group) is 1. The van der Waals surface area contributed by atoms with E-state index in [9.17, 15) is 13.2 Å². The maximum atomic E-state index is 13.2. The molecule has 2 aromatic rings. The fourth-order valence-corrected chi connectivity index (χ4v) is 2.51. The Kier molecular flexibility index (Phi) is 6.23. The minimum atomic E-state index is -1.44. The number of halogens is 3. The van der Waals surface area contributed by atoms with Gasteiger partial charge in [0.05, 0.1) is 7.11 Å². The van der Waals surface area contributed by atoms with Gasteiger partial charge in [-0.2, -0.15) is 0 Å². The van der Waals surface area contributed by atoms with E-state index in [4.69, 9.17) is 4.74 Å². The molecule has 1 N–H and O–H groups in total. The highest BCUT2D eigenvalue weighted by molar-refractivity contribution is 5.30. The molecule has 2 rings (SSSR count). The molecule has 0 bridgehead atoms. The average Bonchev–Trinajstić information content (AvgIpc) is 2.56. The summed E-state index contributed by atoms with van der Waals surface area (Å²) in [5.74, 6) is -3.03. The van der Waals surface area contributed by atoms with Crippen molar-refractivity contribution in [2.24, 2.45) is 0 Å². The maximum absolute atomic E-state index is 13.2. The Morgan fingerprint density at radius 2 is 1.75 bits per heavy atom. The van der Waals surface area contributed by atoms with Crippen LogP contribution in [0, 0.1) is 17.5 Å². The molecule has 0 aliphatic rings. The zero-order valence-corrected chi connectivity index (χ0v) is 13.9. The molecule has 0 fully saturated rings. The van der Waals surface area contributed by atoms with Crippen LogP contribution in [0.25, 0.3) is 0 Å². The summed E-state index contributed by atoms with van der Waals surface area (Å²) in [7, 11) is 5.51. The molecule has 1 unspecified atom stereocenters. The molecule has 0 aliphatic heterocycles. The molecule has 6 heteroatoms. The minimum Gasteiger partial charge on any atom is -0.497 e. The number of ether oxygens (including phenoxy) is 1. The van der Waals surface area contributed by atoms with E-state index in [1.165, 1.54) is 0 Å². The van der Waals surface area contributed by atoms with E-state index in [1.807, 2.05) is 43.3 Å². The fraction of sp³-hybridized carbons (Fsp3) is 0.333. The number of rotatable bonds is 7. The highest BCUT2D eigenvalue weighted by atomic mass is 19.2. The minimum absolute atomic E-state index is 0.0512. The largest absolute Gasteiger partial charge is 0.497 e. The highest BCUT2D eigenvalue weighted by Gasteiger charge is 2.15. The van der Waals surface area contributed by atoms with Gasteiger partial charge < -0.3 is 15.0 Å². The Hall–Kier alpha value is -2.05. The van der Waals surface area contributed by atoms with Gasteiger partial charge in [-0.1, -0.05) is 12.1 Å². The van der Waals surface area contributed by atoms with E-state index < -0.39 is 17.5 Å². The summed E-state index contributed by atoms with van der Waals surface area (Å²) >= 11 is 0. The molecule has 0 radical (unpaired) electrons. The van der Waals surface area contributed by atoms with Gasteiger partial charge in [0.15, 0.2) is 17.5 Å². The summed E-state index contributed by atoms with van der Waals surface area (Å²) in [5, 5.41) is 3.15. The van der Waals surface area contributed by atoms with Crippen molar-refractivity contribution in [1.82, 2.24) is 10.2 Å². The zero-order valence-electron chi connectivity index (χ0n) is 13.9. The van der Waals surface area contributed by atoms with Gasteiger partial charge in [-0.3, -0.25) is 0 Å². The normalized spacial score (nSPS) is 12.5. The van der Waals surface area contributed by atoms with Crippen molar-refractivity contribution in [2.45, 2.75) is 12.6 Å². The molecule has 1 atom stereocenters. The van der Waals surface area contributed by atoms with Crippen molar-refractivity contribution in [3.8, 4) is 5.75 Å². The van der Waals surface area contributed by atoms with Crippen LogP contribution >= 0.6 is 0 Å². The van der Waals surface area contributed by atoms with E-state index in [0.717, 1.165) is 23.4 Å². The molecule has 0 aliphatic carbocycles. The second-order valence-electron chi connectivity index (χ2n) is 5.76. The van der Waals surface area contributed by atoms with Gasteiger partial charge >= 0.3 is 0 Å². The lowest BCUT2D eigenvalue weighted by atomic mass is 10.1. The maximum Gasteiger partial charge on any atom is 0.194 e. The molecule has 24 heavy (non-hydrogen) atoms. The van der Waals surface area contributed by atoms with Crippen molar-refractivity contribution in [3.63, 3.8) is 0 Å². The first kappa shape index (κ1) is 18.3. The fourth-order valence-electron chi connectivity index (χ4n) is 2.51. The third-order valence-corrected chi connectivity index (χ3v) is 3.81. The number of nitrogens with one attached hydrogen (secondary N) is 1. The number of benzene rings is 2. The van der Waals surface area contributed by atoms with Gasteiger partial charge in [0.1, 0.15) is 5.75 Å². The van der Waals surface area contributed by atoms with E-state index in [-0.39, 0.29) is 12.6 Å². The number of hydrogen-bond acceptors (Lipinski definition) is 3. The van der Waals surface area contributed by atoms with Gasteiger partial charge in [0, 0.05) is 19.1 Å². The predicted octanol–water partition coefficient (Wildman–Crippen LogP) is 3.51. The highest BCUT2D eigenvalue weighted by Crippen LogP contribution is 2.22. The molecule has 0 saturated heterocycles. The van der Waals surface area contributed by atoms with Crippen LogP contribution in [-0.2, 0) is 6.54 Å². The average molecular weight is 338 g/mol. The molecule has 2 aromatic carbocycles. The summed E-state index contributed by atoms with van der Waals surface area (Å²) in [5.41, 5.74) is 1.41.